The molecule has 2 N–H and O–H groups in total. The molecule has 0 radical (unpaired) electrons. The third-order valence-corrected chi connectivity index (χ3v) is 1.86. The number of carboxylic acid groups (broad SMARTS) is 2. The normalized spacial score (nSPS) is 16.9. The molecule has 0 aromatic heterocycles. The standard InChI is InChI=1S/C7H10N2O4/c10-5(11)1-3-7(8-9-7)4-2-6(12)13/h1-4H2,(H,10,11)(H,12,13). The summed E-state index contributed by atoms with van der Waals surface area (Å²) in [7, 11) is 0. The Labute approximate surface area is 74.3 Å². The Morgan fingerprint density at radius 1 is 1.00 bits per heavy atom. The van der Waals surface area contributed by atoms with Crippen LogP contribution < -0.4 is 0 Å². The molecule has 0 aromatic carbocycles. The van der Waals surface area contributed by atoms with Crippen molar-refractivity contribution < 1.29 is 19.8 Å². The molecule has 6 nitrogen and oxygen atoms in total. The molecule has 0 aliphatic carbocycles. The highest BCUT2D eigenvalue weighted by Crippen LogP contribution is 2.37. The van der Waals surface area contributed by atoms with Crippen LogP contribution in [0.5, 0.6) is 0 Å². The maximum absolute atomic E-state index is 10.2. The smallest absolute Gasteiger partial charge is 0.303 e. The molecule has 0 amide bonds. The average molecular weight is 186 g/mol. The highest BCUT2D eigenvalue weighted by Gasteiger charge is 2.40. The number of aliphatic carboxylic acids is 2. The number of hydrogen-bond acceptors (Lipinski definition) is 4. The molecule has 1 aliphatic heterocycles. The number of carboxylic acids is 2. The molecule has 0 aromatic rings. The fraction of sp³-hybridized carbons (Fsp3) is 0.714. The van der Waals surface area contributed by atoms with Crippen molar-refractivity contribution in [2.24, 2.45) is 10.2 Å². The van der Waals surface area contributed by atoms with Gasteiger partial charge in [-0.05, 0) is 0 Å². The third kappa shape index (κ3) is 3.18. The Morgan fingerprint density at radius 3 is 1.62 bits per heavy atom. The van der Waals surface area contributed by atoms with Gasteiger partial charge in [-0.15, -0.1) is 0 Å². The van der Waals surface area contributed by atoms with Gasteiger partial charge in [-0.3, -0.25) is 9.59 Å². The van der Waals surface area contributed by atoms with Gasteiger partial charge >= 0.3 is 11.9 Å². The highest BCUT2D eigenvalue weighted by molar-refractivity contribution is 5.67. The van der Waals surface area contributed by atoms with Crippen molar-refractivity contribution in [2.45, 2.75) is 31.3 Å². The monoisotopic (exact) mass is 186 g/mol. The number of carbonyl (C=O) groups is 2. The molecule has 1 heterocycles. The lowest BCUT2D eigenvalue weighted by Gasteiger charge is -2.05. The van der Waals surface area contributed by atoms with Crippen molar-refractivity contribution in [1.29, 1.82) is 0 Å². The largest absolute Gasteiger partial charge is 0.481 e. The van der Waals surface area contributed by atoms with E-state index < -0.39 is 17.6 Å². The second-order valence-electron chi connectivity index (χ2n) is 2.97. The Balaban J connectivity index is 2.23. The minimum absolute atomic E-state index is 0.0212. The fourth-order valence-electron chi connectivity index (χ4n) is 1.01. The molecule has 72 valence electrons. The summed E-state index contributed by atoms with van der Waals surface area (Å²) in [5, 5.41) is 24.1. The third-order valence-electron chi connectivity index (χ3n) is 1.86. The van der Waals surface area contributed by atoms with Gasteiger partial charge in [0.25, 0.3) is 0 Å². The average Bonchev–Trinajstić information content (AvgIpc) is 2.78. The van der Waals surface area contributed by atoms with Gasteiger partial charge in [0, 0.05) is 25.7 Å². The molecular formula is C7H10N2O4. The van der Waals surface area contributed by atoms with Crippen molar-refractivity contribution in [3.05, 3.63) is 0 Å². The molecule has 0 saturated carbocycles. The van der Waals surface area contributed by atoms with Crippen LogP contribution in [-0.4, -0.2) is 27.8 Å². The second kappa shape index (κ2) is 3.51. The van der Waals surface area contributed by atoms with E-state index in [0.717, 1.165) is 0 Å². The Kier molecular flexibility index (Phi) is 2.60. The lowest BCUT2D eigenvalue weighted by atomic mass is 10.0. The minimum Gasteiger partial charge on any atom is -0.481 e. The zero-order chi connectivity index (χ0) is 9.90. The minimum atomic E-state index is -0.910. The Morgan fingerprint density at radius 2 is 1.38 bits per heavy atom. The summed E-state index contributed by atoms with van der Waals surface area (Å²) in [6.07, 6.45) is 0.560. The Bertz CT molecular complexity index is 235. The zero-order valence-electron chi connectivity index (χ0n) is 6.93. The van der Waals surface area contributed by atoms with Crippen LogP contribution in [0.4, 0.5) is 0 Å². The number of nitrogens with zero attached hydrogens (tertiary/aromatic N) is 2. The van der Waals surface area contributed by atoms with Crippen molar-refractivity contribution in [3.63, 3.8) is 0 Å². The van der Waals surface area contributed by atoms with Gasteiger partial charge in [-0.2, -0.15) is 10.2 Å². The van der Waals surface area contributed by atoms with E-state index in [4.69, 9.17) is 10.2 Å². The van der Waals surface area contributed by atoms with Gasteiger partial charge in [0.15, 0.2) is 5.66 Å². The van der Waals surface area contributed by atoms with E-state index in [0.29, 0.717) is 12.8 Å². The molecule has 0 saturated heterocycles. The number of rotatable bonds is 6. The molecule has 0 spiro atoms. The van der Waals surface area contributed by atoms with Crippen molar-refractivity contribution in [3.8, 4) is 0 Å². The lowest BCUT2D eigenvalue weighted by molar-refractivity contribution is -0.137. The summed E-state index contributed by atoms with van der Waals surface area (Å²) in [5.41, 5.74) is -0.698. The first-order chi connectivity index (χ1) is 6.04. The first kappa shape index (κ1) is 9.63. The van der Waals surface area contributed by atoms with E-state index in [2.05, 4.69) is 10.2 Å². The van der Waals surface area contributed by atoms with E-state index in [1.165, 1.54) is 0 Å². The predicted molar refractivity (Wildman–Crippen MR) is 41.3 cm³/mol. The SMILES string of the molecule is O=C(O)CCC1(CCC(=O)O)N=N1. The van der Waals surface area contributed by atoms with Gasteiger partial charge in [0.2, 0.25) is 0 Å². The zero-order valence-corrected chi connectivity index (χ0v) is 6.93. The van der Waals surface area contributed by atoms with E-state index in [9.17, 15) is 9.59 Å². The van der Waals surface area contributed by atoms with Crippen LogP contribution in [0.1, 0.15) is 25.7 Å². The molecule has 0 fully saturated rings. The van der Waals surface area contributed by atoms with E-state index in [1.54, 1.807) is 0 Å². The molecule has 13 heavy (non-hydrogen) atoms. The molecular weight excluding hydrogens is 176 g/mol. The summed E-state index contributed by atoms with van der Waals surface area (Å²) in [6, 6.07) is 0. The topological polar surface area (TPSA) is 99.3 Å². The molecule has 6 heteroatoms. The summed E-state index contributed by atoms with van der Waals surface area (Å²) < 4.78 is 0. The highest BCUT2D eigenvalue weighted by atomic mass is 16.4. The van der Waals surface area contributed by atoms with Crippen molar-refractivity contribution in [1.82, 2.24) is 0 Å². The van der Waals surface area contributed by atoms with Crippen molar-refractivity contribution in [2.75, 3.05) is 0 Å². The van der Waals surface area contributed by atoms with E-state index >= 15 is 0 Å². The maximum atomic E-state index is 10.2. The van der Waals surface area contributed by atoms with Crippen LogP contribution in [0.15, 0.2) is 10.2 Å². The van der Waals surface area contributed by atoms with E-state index in [1.807, 2.05) is 0 Å². The first-order valence-corrected chi connectivity index (χ1v) is 3.92. The van der Waals surface area contributed by atoms with Gasteiger partial charge in [-0.1, -0.05) is 0 Å². The molecule has 0 bridgehead atoms. The van der Waals surface area contributed by atoms with E-state index in [-0.39, 0.29) is 12.8 Å². The summed E-state index contributed by atoms with van der Waals surface area (Å²) in [5.74, 6) is -1.82. The van der Waals surface area contributed by atoms with Crippen LogP contribution in [0.25, 0.3) is 0 Å². The van der Waals surface area contributed by atoms with Gasteiger partial charge < -0.3 is 10.2 Å². The molecule has 1 aliphatic rings. The van der Waals surface area contributed by atoms with Gasteiger partial charge in [0.05, 0.1) is 0 Å². The molecule has 0 atom stereocenters. The second-order valence-corrected chi connectivity index (χ2v) is 2.97. The van der Waals surface area contributed by atoms with Crippen LogP contribution in [0.2, 0.25) is 0 Å². The molecule has 0 unspecified atom stereocenters. The Hall–Kier alpha value is -1.46. The molecule has 1 rings (SSSR count). The summed E-state index contributed by atoms with van der Waals surface area (Å²) in [6.45, 7) is 0. The summed E-state index contributed by atoms with van der Waals surface area (Å²) >= 11 is 0. The van der Waals surface area contributed by atoms with Crippen LogP contribution in [0, 0.1) is 0 Å². The van der Waals surface area contributed by atoms with Gasteiger partial charge in [0.1, 0.15) is 0 Å². The lowest BCUT2D eigenvalue weighted by Crippen LogP contribution is -2.15. The maximum Gasteiger partial charge on any atom is 0.303 e. The quantitative estimate of drug-likeness (QED) is 0.642. The van der Waals surface area contributed by atoms with Gasteiger partial charge in [-0.25, -0.2) is 0 Å². The number of hydrogen-bond donors (Lipinski definition) is 2. The first-order valence-electron chi connectivity index (χ1n) is 3.92. The van der Waals surface area contributed by atoms with Crippen LogP contribution >= 0.6 is 0 Å². The summed E-state index contributed by atoms with van der Waals surface area (Å²) in [4.78, 5) is 20.4. The van der Waals surface area contributed by atoms with Crippen molar-refractivity contribution >= 4 is 11.9 Å². The van der Waals surface area contributed by atoms with Crippen LogP contribution in [-0.2, 0) is 9.59 Å². The van der Waals surface area contributed by atoms with Crippen LogP contribution in [0.3, 0.4) is 0 Å². The fourth-order valence-corrected chi connectivity index (χ4v) is 1.01. The predicted octanol–water partition coefficient (Wildman–Crippen LogP) is 0.878.